The molecule has 2 aromatic rings. The van der Waals surface area contributed by atoms with Crippen molar-refractivity contribution in [1.29, 1.82) is 0 Å². The summed E-state index contributed by atoms with van der Waals surface area (Å²) in [6.07, 6.45) is 0. The van der Waals surface area contributed by atoms with Crippen LogP contribution < -0.4 is 0 Å². The zero-order valence-corrected chi connectivity index (χ0v) is 18.5. The van der Waals surface area contributed by atoms with Crippen molar-refractivity contribution in [2.75, 3.05) is 0 Å². The Morgan fingerprint density at radius 2 is 0.615 bits per heavy atom. The fraction of sp³-hybridized carbons (Fsp3) is 0.500. The predicted molar refractivity (Wildman–Crippen MR) is 102 cm³/mol. The second-order valence-electron chi connectivity index (χ2n) is 6.74. The fourth-order valence-electron chi connectivity index (χ4n) is 2.81. The molecule has 26 heavy (non-hydrogen) atoms. The summed E-state index contributed by atoms with van der Waals surface area (Å²) in [6, 6.07) is 0. The number of hydrogen-bond donors (Lipinski definition) is 0. The third kappa shape index (κ3) is 7.32. The molecule has 0 aromatic heterocycles. The first-order valence-corrected chi connectivity index (χ1v) is 8.37. The standard InChI is InChI=1S/2C10H15.BF4.Fe/c2*1-6-7(2)9(4)10(5)8(6)3;2-1(3,4)5;/h2*1-5H3;;/q3*-1;+2. The summed E-state index contributed by atoms with van der Waals surface area (Å²) in [5, 5.41) is 0. The van der Waals surface area contributed by atoms with Gasteiger partial charge in [-0.15, -0.1) is 0 Å². The smallest absolute Gasteiger partial charge is 0.418 e. The molecular formula is C20H30BF4Fe-. The average Bonchev–Trinajstić information content (AvgIpc) is 2.77. The third-order valence-electron chi connectivity index (χ3n) is 5.62. The molecule has 0 bridgehead atoms. The van der Waals surface area contributed by atoms with Crippen LogP contribution in [0.25, 0.3) is 0 Å². The normalized spacial score (nSPS) is 10.4. The van der Waals surface area contributed by atoms with Gasteiger partial charge in [0.2, 0.25) is 0 Å². The molecule has 0 aliphatic carbocycles. The van der Waals surface area contributed by atoms with Crippen LogP contribution >= 0.6 is 0 Å². The van der Waals surface area contributed by atoms with E-state index in [1.54, 1.807) is 0 Å². The summed E-state index contributed by atoms with van der Waals surface area (Å²) < 4.78 is 39.0. The van der Waals surface area contributed by atoms with E-state index >= 15 is 0 Å². The Kier molecular flexibility index (Phi) is 10.9. The molecule has 0 N–H and O–H groups in total. The summed E-state index contributed by atoms with van der Waals surface area (Å²) in [6.45, 7) is 22.0. The first-order valence-electron chi connectivity index (χ1n) is 8.37. The van der Waals surface area contributed by atoms with E-state index in [-0.39, 0.29) is 17.1 Å². The van der Waals surface area contributed by atoms with E-state index in [0.29, 0.717) is 0 Å². The molecule has 0 nitrogen and oxygen atoms in total. The largest absolute Gasteiger partial charge is 2.00 e. The van der Waals surface area contributed by atoms with Gasteiger partial charge in [0.25, 0.3) is 0 Å². The third-order valence-corrected chi connectivity index (χ3v) is 5.62. The van der Waals surface area contributed by atoms with Crippen LogP contribution in [0.1, 0.15) is 55.6 Å². The molecule has 0 saturated carbocycles. The zero-order valence-electron chi connectivity index (χ0n) is 17.4. The molecule has 2 aromatic carbocycles. The average molecular weight is 413 g/mol. The van der Waals surface area contributed by atoms with E-state index in [1.165, 1.54) is 55.6 Å². The zero-order chi connectivity index (χ0) is 20.3. The van der Waals surface area contributed by atoms with Gasteiger partial charge >= 0.3 is 24.3 Å². The summed E-state index contributed by atoms with van der Waals surface area (Å²) in [7, 11) is -6.00. The van der Waals surface area contributed by atoms with E-state index < -0.39 is 7.25 Å². The van der Waals surface area contributed by atoms with Gasteiger partial charge in [0.1, 0.15) is 0 Å². The molecule has 0 unspecified atom stereocenters. The topological polar surface area (TPSA) is 0 Å². The van der Waals surface area contributed by atoms with Crippen LogP contribution in [0.2, 0.25) is 0 Å². The van der Waals surface area contributed by atoms with Crippen molar-refractivity contribution in [3.05, 3.63) is 55.6 Å². The van der Waals surface area contributed by atoms with Crippen LogP contribution in [0.15, 0.2) is 0 Å². The molecule has 0 atom stereocenters. The molecule has 150 valence electrons. The van der Waals surface area contributed by atoms with Gasteiger partial charge in [-0.1, -0.05) is 69.2 Å². The molecule has 0 amide bonds. The van der Waals surface area contributed by atoms with Crippen molar-refractivity contribution >= 4 is 7.25 Å². The van der Waals surface area contributed by atoms with Crippen molar-refractivity contribution in [2.45, 2.75) is 69.2 Å². The van der Waals surface area contributed by atoms with Gasteiger partial charge in [0.05, 0.1) is 0 Å². The monoisotopic (exact) mass is 413 g/mol. The van der Waals surface area contributed by atoms with Crippen LogP contribution in [0.5, 0.6) is 0 Å². The first kappa shape index (κ1) is 27.2. The minimum absolute atomic E-state index is 0. The summed E-state index contributed by atoms with van der Waals surface area (Å²) in [4.78, 5) is 0. The van der Waals surface area contributed by atoms with Crippen molar-refractivity contribution in [3.8, 4) is 0 Å². The Labute approximate surface area is 166 Å². The minimum atomic E-state index is -6.00. The quantitative estimate of drug-likeness (QED) is 0.244. The van der Waals surface area contributed by atoms with Gasteiger partial charge in [-0.2, -0.15) is 55.6 Å². The number of halogens is 4. The predicted octanol–water partition coefficient (Wildman–Crippen LogP) is 7.19. The molecular weight excluding hydrogens is 383 g/mol. The SMILES string of the molecule is Cc1c(C)c(C)[c-](C)c1C.Cc1c(C)c(C)[c-](C)c1C.F[B-](F)(F)F.[Fe+2]. The van der Waals surface area contributed by atoms with Gasteiger partial charge < -0.3 is 17.3 Å². The Hall–Kier alpha value is -0.996. The van der Waals surface area contributed by atoms with E-state index in [2.05, 4.69) is 69.2 Å². The molecule has 0 fully saturated rings. The molecule has 0 radical (unpaired) electrons. The maximum Gasteiger partial charge on any atom is 2.00 e. The Morgan fingerprint density at radius 1 is 0.500 bits per heavy atom. The summed E-state index contributed by atoms with van der Waals surface area (Å²) >= 11 is 0. The van der Waals surface area contributed by atoms with Crippen molar-refractivity contribution in [2.24, 2.45) is 0 Å². The van der Waals surface area contributed by atoms with Crippen LogP contribution in [-0.2, 0) is 17.1 Å². The van der Waals surface area contributed by atoms with Crippen molar-refractivity contribution in [3.63, 3.8) is 0 Å². The van der Waals surface area contributed by atoms with Gasteiger partial charge in [-0.25, -0.2) is 0 Å². The van der Waals surface area contributed by atoms with Crippen LogP contribution in [0.4, 0.5) is 17.3 Å². The van der Waals surface area contributed by atoms with Crippen LogP contribution in [-0.4, -0.2) is 7.25 Å². The van der Waals surface area contributed by atoms with E-state index in [4.69, 9.17) is 0 Å². The Morgan fingerprint density at radius 3 is 0.654 bits per heavy atom. The van der Waals surface area contributed by atoms with Gasteiger partial charge in [0.15, 0.2) is 0 Å². The Balaban J connectivity index is 0. The molecule has 6 heteroatoms. The van der Waals surface area contributed by atoms with E-state index in [0.717, 1.165) is 0 Å². The summed E-state index contributed by atoms with van der Waals surface area (Å²) in [5.74, 6) is 0. The van der Waals surface area contributed by atoms with E-state index in [9.17, 15) is 17.3 Å². The van der Waals surface area contributed by atoms with Crippen LogP contribution in [0, 0.1) is 69.2 Å². The molecule has 0 spiro atoms. The van der Waals surface area contributed by atoms with Gasteiger partial charge in [-0.05, 0) is 0 Å². The van der Waals surface area contributed by atoms with Gasteiger partial charge in [-0.3, -0.25) is 0 Å². The molecule has 0 aliphatic rings. The van der Waals surface area contributed by atoms with E-state index in [1.807, 2.05) is 0 Å². The van der Waals surface area contributed by atoms with Crippen LogP contribution in [0.3, 0.4) is 0 Å². The molecule has 2 rings (SSSR count). The number of rotatable bonds is 0. The Bertz CT molecular complexity index is 499. The first-order chi connectivity index (χ1) is 11.1. The minimum Gasteiger partial charge on any atom is -0.418 e. The number of hydrogen-bond acceptors (Lipinski definition) is 0. The second-order valence-corrected chi connectivity index (χ2v) is 6.74. The summed E-state index contributed by atoms with van der Waals surface area (Å²) in [5.41, 5.74) is 14.7. The van der Waals surface area contributed by atoms with Crippen molar-refractivity contribution < 1.29 is 34.3 Å². The maximum atomic E-state index is 9.75. The molecule has 0 aliphatic heterocycles. The fourth-order valence-corrected chi connectivity index (χ4v) is 2.81. The second kappa shape index (κ2) is 10.4. The molecule has 0 saturated heterocycles. The molecule has 0 heterocycles. The van der Waals surface area contributed by atoms with Gasteiger partial charge in [0, 0.05) is 0 Å². The maximum absolute atomic E-state index is 9.75. The van der Waals surface area contributed by atoms with Crippen molar-refractivity contribution in [1.82, 2.24) is 0 Å².